The fraction of sp³-hybridized carbons (Fsp3) is 0.133. The number of rotatable bonds is 3. The van der Waals surface area contributed by atoms with Gasteiger partial charge in [0.15, 0.2) is 0 Å². The van der Waals surface area contributed by atoms with Crippen molar-refractivity contribution in [3.8, 4) is 0 Å². The molecule has 98 valence electrons. The zero-order valence-electron chi connectivity index (χ0n) is 10.6. The summed E-state index contributed by atoms with van der Waals surface area (Å²) in [5, 5.41) is 2.57. The van der Waals surface area contributed by atoms with Gasteiger partial charge in [-0.3, -0.25) is 4.79 Å². The first kappa shape index (κ1) is 13.1. The number of carbonyl (C=O) groups is 1. The summed E-state index contributed by atoms with van der Waals surface area (Å²) in [6, 6.07) is 13.5. The smallest absolute Gasteiger partial charge is 0.231 e. The van der Waals surface area contributed by atoms with E-state index in [-0.39, 0.29) is 17.5 Å². The highest BCUT2D eigenvalue weighted by atomic mass is 19.1. The van der Waals surface area contributed by atoms with Crippen LogP contribution in [0, 0.1) is 5.82 Å². The van der Waals surface area contributed by atoms with Gasteiger partial charge in [0.1, 0.15) is 5.82 Å². The van der Waals surface area contributed by atoms with Crippen molar-refractivity contribution in [3.05, 3.63) is 59.9 Å². The maximum absolute atomic E-state index is 13.6. The van der Waals surface area contributed by atoms with E-state index >= 15 is 0 Å². The summed E-state index contributed by atoms with van der Waals surface area (Å²) in [7, 11) is 0. The number of hydrogen-bond acceptors (Lipinski definition) is 2. The lowest BCUT2D eigenvalue weighted by molar-refractivity contribution is -0.117. The van der Waals surface area contributed by atoms with E-state index in [0.29, 0.717) is 5.69 Å². The fourth-order valence-corrected chi connectivity index (χ4v) is 1.77. The lowest BCUT2D eigenvalue weighted by Gasteiger charge is -2.13. The van der Waals surface area contributed by atoms with Gasteiger partial charge in [-0.2, -0.15) is 0 Å². The molecule has 1 unspecified atom stereocenters. The number of nitrogens with one attached hydrogen (secondary N) is 1. The van der Waals surface area contributed by atoms with Gasteiger partial charge in [-0.1, -0.05) is 30.3 Å². The summed E-state index contributed by atoms with van der Waals surface area (Å²) < 4.78 is 13.6. The summed E-state index contributed by atoms with van der Waals surface area (Å²) in [6.07, 6.45) is 0. The van der Waals surface area contributed by atoms with Crippen LogP contribution in [0.5, 0.6) is 0 Å². The predicted molar refractivity (Wildman–Crippen MR) is 74.3 cm³/mol. The van der Waals surface area contributed by atoms with Crippen LogP contribution in [0.25, 0.3) is 0 Å². The van der Waals surface area contributed by atoms with Crippen molar-refractivity contribution in [1.82, 2.24) is 0 Å². The molecule has 3 nitrogen and oxygen atoms in total. The zero-order valence-corrected chi connectivity index (χ0v) is 10.6. The molecule has 4 heteroatoms. The predicted octanol–water partition coefficient (Wildman–Crippen LogP) is 3.15. The lowest BCUT2D eigenvalue weighted by atomic mass is 10.0. The van der Waals surface area contributed by atoms with E-state index in [0.717, 1.165) is 5.56 Å². The van der Waals surface area contributed by atoms with Crippen LogP contribution >= 0.6 is 0 Å². The first-order chi connectivity index (χ1) is 9.08. The Kier molecular flexibility index (Phi) is 3.80. The minimum atomic E-state index is -0.534. The van der Waals surface area contributed by atoms with Gasteiger partial charge < -0.3 is 11.1 Å². The summed E-state index contributed by atoms with van der Waals surface area (Å²) in [6.45, 7) is 1.78. The summed E-state index contributed by atoms with van der Waals surface area (Å²) in [5.41, 5.74) is 6.81. The largest absolute Gasteiger partial charge is 0.399 e. The molecular formula is C15H15FN2O. The van der Waals surface area contributed by atoms with Crippen molar-refractivity contribution < 1.29 is 9.18 Å². The number of nitrogen functional groups attached to an aromatic ring is 1. The van der Waals surface area contributed by atoms with Gasteiger partial charge in [0, 0.05) is 5.69 Å². The van der Waals surface area contributed by atoms with Crippen LogP contribution in [0.4, 0.5) is 15.8 Å². The number of anilines is 2. The van der Waals surface area contributed by atoms with Crippen LogP contribution in [0.1, 0.15) is 18.4 Å². The molecule has 1 amide bonds. The number of benzene rings is 2. The summed E-state index contributed by atoms with van der Waals surface area (Å²) in [4.78, 5) is 12.0. The Bertz CT molecular complexity index is 584. The third kappa shape index (κ3) is 3.10. The minimum Gasteiger partial charge on any atom is -0.399 e. The van der Waals surface area contributed by atoms with Crippen molar-refractivity contribution in [2.75, 3.05) is 11.1 Å². The van der Waals surface area contributed by atoms with Crippen LogP contribution in [0.15, 0.2) is 48.5 Å². The fourth-order valence-electron chi connectivity index (χ4n) is 1.77. The van der Waals surface area contributed by atoms with Crippen LogP contribution < -0.4 is 11.1 Å². The van der Waals surface area contributed by atoms with Crippen molar-refractivity contribution in [1.29, 1.82) is 0 Å². The molecule has 0 aliphatic rings. The van der Waals surface area contributed by atoms with Crippen molar-refractivity contribution in [3.63, 3.8) is 0 Å². The third-order valence-electron chi connectivity index (χ3n) is 2.94. The Morgan fingerprint density at radius 3 is 2.53 bits per heavy atom. The van der Waals surface area contributed by atoms with Crippen LogP contribution in [0.3, 0.4) is 0 Å². The van der Waals surface area contributed by atoms with Gasteiger partial charge in [-0.05, 0) is 30.7 Å². The number of amides is 1. The molecule has 0 saturated carbocycles. The second kappa shape index (κ2) is 5.52. The summed E-state index contributed by atoms with van der Waals surface area (Å²) >= 11 is 0. The minimum absolute atomic E-state index is 0.141. The van der Waals surface area contributed by atoms with Crippen molar-refractivity contribution >= 4 is 17.3 Å². The van der Waals surface area contributed by atoms with Gasteiger partial charge in [-0.15, -0.1) is 0 Å². The monoisotopic (exact) mass is 258 g/mol. The normalized spacial score (nSPS) is 11.9. The molecule has 0 radical (unpaired) electrons. The molecule has 2 aromatic rings. The first-order valence-electron chi connectivity index (χ1n) is 5.99. The average Bonchev–Trinajstić information content (AvgIpc) is 2.42. The van der Waals surface area contributed by atoms with E-state index in [1.165, 1.54) is 12.1 Å². The topological polar surface area (TPSA) is 55.1 Å². The van der Waals surface area contributed by atoms with E-state index < -0.39 is 5.82 Å². The molecule has 0 fully saturated rings. The highest BCUT2D eigenvalue weighted by Gasteiger charge is 2.16. The number of hydrogen-bond donors (Lipinski definition) is 2. The zero-order chi connectivity index (χ0) is 13.8. The number of carbonyl (C=O) groups excluding carboxylic acids is 1. The van der Waals surface area contributed by atoms with Crippen molar-refractivity contribution in [2.24, 2.45) is 0 Å². The molecule has 0 aromatic heterocycles. The number of halogens is 1. The SMILES string of the molecule is CC(C(=O)Nc1ccc(N)cc1F)c1ccccc1. The van der Waals surface area contributed by atoms with E-state index in [2.05, 4.69) is 5.32 Å². The van der Waals surface area contributed by atoms with Gasteiger partial charge in [-0.25, -0.2) is 4.39 Å². The molecule has 0 bridgehead atoms. The van der Waals surface area contributed by atoms with Gasteiger partial charge in [0.25, 0.3) is 0 Å². The Balaban J connectivity index is 2.13. The van der Waals surface area contributed by atoms with Gasteiger partial charge in [0.2, 0.25) is 5.91 Å². The van der Waals surface area contributed by atoms with Crippen molar-refractivity contribution in [2.45, 2.75) is 12.8 Å². The quantitative estimate of drug-likeness (QED) is 0.831. The van der Waals surface area contributed by atoms with E-state index in [9.17, 15) is 9.18 Å². The average molecular weight is 258 g/mol. The Morgan fingerprint density at radius 2 is 1.89 bits per heavy atom. The highest BCUT2D eigenvalue weighted by molar-refractivity contribution is 5.95. The lowest BCUT2D eigenvalue weighted by Crippen LogP contribution is -2.19. The van der Waals surface area contributed by atoms with Gasteiger partial charge in [0.05, 0.1) is 11.6 Å². The van der Waals surface area contributed by atoms with E-state index in [4.69, 9.17) is 5.73 Å². The maximum atomic E-state index is 13.6. The molecule has 3 N–H and O–H groups in total. The molecule has 2 rings (SSSR count). The summed E-state index contributed by atoms with van der Waals surface area (Å²) in [5.74, 6) is -1.14. The second-order valence-electron chi connectivity index (χ2n) is 4.36. The molecule has 0 heterocycles. The Hall–Kier alpha value is -2.36. The standard InChI is InChI=1S/C15H15FN2O/c1-10(11-5-3-2-4-6-11)15(19)18-14-8-7-12(17)9-13(14)16/h2-10H,17H2,1H3,(H,18,19). The molecule has 0 aliphatic carbocycles. The first-order valence-corrected chi connectivity index (χ1v) is 5.99. The third-order valence-corrected chi connectivity index (χ3v) is 2.94. The molecule has 2 aromatic carbocycles. The van der Waals surface area contributed by atoms with E-state index in [1.54, 1.807) is 13.0 Å². The van der Waals surface area contributed by atoms with Crippen LogP contribution in [0.2, 0.25) is 0 Å². The Morgan fingerprint density at radius 1 is 1.21 bits per heavy atom. The Labute approximate surface area is 111 Å². The molecule has 1 atom stereocenters. The highest BCUT2D eigenvalue weighted by Crippen LogP contribution is 2.20. The molecule has 0 aliphatic heterocycles. The second-order valence-corrected chi connectivity index (χ2v) is 4.36. The molecule has 19 heavy (non-hydrogen) atoms. The number of nitrogens with two attached hydrogens (primary N) is 1. The van der Waals surface area contributed by atoms with Crippen LogP contribution in [-0.4, -0.2) is 5.91 Å². The van der Waals surface area contributed by atoms with E-state index in [1.807, 2.05) is 30.3 Å². The maximum Gasteiger partial charge on any atom is 0.231 e. The molecule has 0 saturated heterocycles. The van der Waals surface area contributed by atoms with Gasteiger partial charge >= 0.3 is 0 Å². The molecular weight excluding hydrogens is 243 g/mol. The van der Waals surface area contributed by atoms with Crippen LogP contribution in [-0.2, 0) is 4.79 Å². The molecule has 0 spiro atoms.